The summed E-state index contributed by atoms with van der Waals surface area (Å²) in [5.74, 6) is 0.363. The zero-order chi connectivity index (χ0) is 18.7. The van der Waals surface area contributed by atoms with Crippen molar-refractivity contribution in [3.8, 4) is 0 Å². The maximum absolute atomic E-state index is 12.8. The molecule has 1 saturated heterocycles. The summed E-state index contributed by atoms with van der Waals surface area (Å²) in [5, 5.41) is 3.86. The van der Waals surface area contributed by atoms with Crippen molar-refractivity contribution in [1.82, 2.24) is 10.3 Å². The van der Waals surface area contributed by atoms with Crippen molar-refractivity contribution in [3.05, 3.63) is 52.7 Å². The van der Waals surface area contributed by atoms with Gasteiger partial charge in [0.2, 0.25) is 0 Å². The van der Waals surface area contributed by atoms with Crippen LogP contribution in [-0.4, -0.2) is 24.0 Å². The van der Waals surface area contributed by atoms with E-state index in [-0.39, 0.29) is 17.4 Å². The van der Waals surface area contributed by atoms with Gasteiger partial charge in [0.05, 0.1) is 0 Å². The Morgan fingerprint density at radius 1 is 1.19 bits per heavy atom. The Balaban J connectivity index is 1.50. The molecule has 1 amide bonds. The molecule has 1 N–H and O–H groups in total. The molecule has 5 nitrogen and oxygen atoms in total. The number of nitrogens with one attached hydrogen (secondary N) is 1. The number of aromatic nitrogens is 1. The average Bonchev–Trinajstić information content (AvgIpc) is 3.38. The first kappa shape index (κ1) is 18.5. The van der Waals surface area contributed by atoms with E-state index >= 15 is 0 Å². The largest absolute Gasteiger partial charge is 0.445 e. The van der Waals surface area contributed by atoms with Crippen molar-refractivity contribution < 1.29 is 13.9 Å². The number of oxazole rings is 1. The second kappa shape index (κ2) is 8.03. The first-order chi connectivity index (χ1) is 13.2. The van der Waals surface area contributed by atoms with E-state index in [1.165, 1.54) is 31.2 Å². The molecule has 1 aliphatic carbocycles. The van der Waals surface area contributed by atoms with Crippen LogP contribution in [0.2, 0.25) is 5.02 Å². The lowest BCUT2D eigenvalue weighted by Gasteiger charge is -2.38. The first-order valence-corrected chi connectivity index (χ1v) is 10.1. The van der Waals surface area contributed by atoms with Gasteiger partial charge in [-0.1, -0.05) is 43.0 Å². The summed E-state index contributed by atoms with van der Waals surface area (Å²) >= 11 is 6.07. The Kier molecular flexibility index (Phi) is 5.50. The van der Waals surface area contributed by atoms with Gasteiger partial charge in [-0.05, 0) is 43.4 Å². The second-order valence-corrected chi connectivity index (χ2v) is 8.03. The number of benzene rings is 1. The molecule has 1 saturated carbocycles. The molecule has 2 fully saturated rings. The molecule has 2 aromatic rings. The van der Waals surface area contributed by atoms with E-state index in [1.807, 2.05) is 12.1 Å². The fourth-order valence-electron chi connectivity index (χ4n) is 4.37. The van der Waals surface area contributed by atoms with E-state index in [0.717, 1.165) is 30.7 Å². The van der Waals surface area contributed by atoms with E-state index in [1.54, 1.807) is 0 Å². The van der Waals surface area contributed by atoms with Gasteiger partial charge in [0.25, 0.3) is 5.91 Å². The molecule has 6 heteroatoms. The SMILES string of the molecule is O=C(NCC1(c2ccc(Cl)cc2)CCCCC1)c1ncoc1[C@H]1CCCO1. The fraction of sp³-hybridized carbons (Fsp3) is 0.524. The lowest BCUT2D eigenvalue weighted by molar-refractivity contribution is 0.0853. The van der Waals surface area contributed by atoms with Crippen LogP contribution in [0.5, 0.6) is 0 Å². The lowest BCUT2D eigenvalue weighted by Crippen LogP contribution is -2.42. The van der Waals surface area contributed by atoms with Gasteiger partial charge >= 0.3 is 0 Å². The molecule has 144 valence electrons. The Morgan fingerprint density at radius 2 is 1.96 bits per heavy atom. The van der Waals surface area contributed by atoms with Gasteiger partial charge in [0.1, 0.15) is 6.10 Å². The predicted octanol–water partition coefficient (Wildman–Crippen LogP) is 4.81. The molecule has 4 rings (SSSR count). The predicted molar refractivity (Wildman–Crippen MR) is 103 cm³/mol. The monoisotopic (exact) mass is 388 g/mol. The minimum Gasteiger partial charge on any atom is -0.445 e. The maximum atomic E-state index is 12.8. The molecule has 1 aliphatic heterocycles. The number of carbonyl (C=O) groups is 1. The lowest BCUT2D eigenvalue weighted by atomic mass is 9.69. The number of carbonyl (C=O) groups excluding carboxylic acids is 1. The molecular formula is C21H25ClN2O3. The van der Waals surface area contributed by atoms with Gasteiger partial charge in [-0.15, -0.1) is 0 Å². The van der Waals surface area contributed by atoms with Crippen LogP contribution in [0.1, 0.15) is 72.9 Å². The van der Waals surface area contributed by atoms with Crippen LogP contribution in [0.25, 0.3) is 0 Å². The molecule has 0 unspecified atom stereocenters. The topological polar surface area (TPSA) is 64.4 Å². The summed E-state index contributed by atoms with van der Waals surface area (Å²) in [7, 11) is 0. The van der Waals surface area contributed by atoms with Gasteiger partial charge in [0.15, 0.2) is 17.8 Å². The third-order valence-corrected chi connectivity index (χ3v) is 6.14. The molecule has 1 aromatic heterocycles. The Bertz CT molecular complexity index is 775. The zero-order valence-corrected chi connectivity index (χ0v) is 16.1. The van der Waals surface area contributed by atoms with E-state index < -0.39 is 0 Å². The maximum Gasteiger partial charge on any atom is 0.273 e. The molecule has 0 radical (unpaired) electrons. The Morgan fingerprint density at radius 3 is 2.67 bits per heavy atom. The number of ether oxygens (including phenoxy) is 1. The highest BCUT2D eigenvalue weighted by Gasteiger charge is 2.35. The van der Waals surface area contributed by atoms with Crippen LogP contribution in [-0.2, 0) is 10.2 Å². The number of halogens is 1. The molecule has 27 heavy (non-hydrogen) atoms. The van der Waals surface area contributed by atoms with Gasteiger partial charge in [0, 0.05) is 23.6 Å². The van der Waals surface area contributed by atoms with Gasteiger partial charge < -0.3 is 14.5 Å². The molecule has 0 bridgehead atoms. The van der Waals surface area contributed by atoms with Crippen molar-refractivity contribution >= 4 is 17.5 Å². The van der Waals surface area contributed by atoms with E-state index in [0.29, 0.717) is 24.6 Å². The minimum atomic E-state index is -0.187. The van der Waals surface area contributed by atoms with Gasteiger partial charge in [-0.2, -0.15) is 0 Å². The Labute approximate surface area is 164 Å². The minimum absolute atomic E-state index is 0.0493. The highest BCUT2D eigenvalue weighted by atomic mass is 35.5. The fourth-order valence-corrected chi connectivity index (χ4v) is 4.50. The van der Waals surface area contributed by atoms with Crippen LogP contribution in [0, 0.1) is 0 Å². The zero-order valence-electron chi connectivity index (χ0n) is 15.4. The molecule has 1 atom stereocenters. The van der Waals surface area contributed by atoms with Crippen LogP contribution in [0.15, 0.2) is 35.1 Å². The van der Waals surface area contributed by atoms with Crippen molar-refractivity contribution in [2.24, 2.45) is 0 Å². The summed E-state index contributed by atoms with van der Waals surface area (Å²) in [6, 6.07) is 8.05. The van der Waals surface area contributed by atoms with Crippen molar-refractivity contribution in [3.63, 3.8) is 0 Å². The smallest absolute Gasteiger partial charge is 0.273 e. The van der Waals surface area contributed by atoms with Crippen LogP contribution in [0.4, 0.5) is 0 Å². The van der Waals surface area contributed by atoms with Gasteiger partial charge in [-0.25, -0.2) is 4.98 Å². The third kappa shape index (κ3) is 3.90. The highest BCUT2D eigenvalue weighted by molar-refractivity contribution is 6.30. The van der Waals surface area contributed by atoms with Crippen molar-refractivity contribution in [2.45, 2.75) is 56.5 Å². The van der Waals surface area contributed by atoms with Gasteiger partial charge in [-0.3, -0.25) is 4.79 Å². The standard InChI is InChI=1S/C21H25ClN2O3/c22-16-8-6-15(7-9-16)21(10-2-1-3-11-21)13-23-20(25)18-19(27-14-24-18)17-5-4-12-26-17/h6-9,14,17H,1-5,10-13H2,(H,23,25)/t17-/m1/s1. The summed E-state index contributed by atoms with van der Waals surface area (Å²) in [6.45, 7) is 1.29. The van der Waals surface area contributed by atoms with E-state index in [4.69, 9.17) is 20.8 Å². The Hall–Kier alpha value is -1.85. The summed E-state index contributed by atoms with van der Waals surface area (Å²) in [6.07, 6.45) is 8.73. The summed E-state index contributed by atoms with van der Waals surface area (Å²) < 4.78 is 11.1. The second-order valence-electron chi connectivity index (χ2n) is 7.60. The van der Waals surface area contributed by atoms with Crippen molar-refractivity contribution in [1.29, 1.82) is 0 Å². The van der Waals surface area contributed by atoms with E-state index in [2.05, 4.69) is 22.4 Å². The molecule has 2 aliphatic rings. The van der Waals surface area contributed by atoms with Crippen LogP contribution < -0.4 is 5.32 Å². The third-order valence-electron chi connectivity index (χ3n) is 5.89. The number of rotatable bonds is 5. The van der Waals surface area contributed by atoms with E-state index in [9.17, 15) is 4.79 Å². The first-order valence-electron chi connectivity index (χ1n) is 9.77. The summed E-state index contributed by atoms with van der Waals surface area (Å²) in [5.41, 5.74) is 1.54. The average molecular weight is 389 g/mol. The molecule has 0 spiro atoms. The number of hydrogen-bond donors (Lipinski definition) is 1. The molecule has 2 heterocycles. The number of amides is 1. The summed E-state index contributed by atoms with van der Waals surface area (Å²) in [4.78, 5) is 17.0. The van der Waals surface area contributed by atoms with Crippen LogP contribution >= 0.6 is 11.6 Å². The molecular weight excluding hydrogens is 364 g/mol. The quantitative estimate of drug-likeness (QED) is 0.798. The molecule has 1 aromatic carbocycles. The normalized spacial score (nSPS) is 21.9. The van der Waals surface area contributed by atoms with Crippen molar-refractivity contribution in [2.75, 3.05) is 13.2 Å². The highest BCUT2D eigenvalue weighted by Crippen LogP contribution is 2.39. The number of nitrogens with zero attached hydrogens (tertiary/aromatic N) is 1. The van der Waals surface area contributed by atoms with Crippen LogP contribution in [0.3, 0.4) is 0 Å². The number of hydrogen-bond acceptors (Lipinski definition) is 4.